The van der Waals surface area contributed by atoms with E-state index in [4.69, 9.17) is 4.74 Å². The predicted molar refractivity (Wildman–Crippen MR) is 114 cm³/mol. The second-order valence-corrected chi connectivity index (χ2v) is 7.71. The first kappa shape index (κ1) is 21.3. The number of amides is 1. The molecule has 5 nitrogen and oxygen atoms in total. The Bertz CT molecular complexity index is 805. The van der Waals surface area contributed by atoms with Crippen molar-refractivity contribution >= 4 is 11.6 Å². The Morgan fingerprint density at radius 3 is 2.31 bits per heavy atom. The van der Waals surface area contributed by atoms with Gasteiger partial charge in [-0.25, -0.2) is 4.39 Å². The maximum absolute atomic E-state index is 13.9. The highest BCUT2D eigenvalue weighted by atomic mass is 19.1. The van der Waals surface area contributed by atoms with Crippen molar-refractivity contribution in [1.82, 2.24) is 9.80 Å². The van der Waals surface area contributed by atoms with Crippen LogP contribution in [0.1, 0.15) is 19.4 Å². The number of rotatable bonds is 7. The van der Waals surface area contributed by atoms with E-state index in [2.05, 4.69) is 9.80 Å². The molecule has 0 radical (unpaired) electrons. The highest BCUT2D eigenvalue weighted by molar-refractivity contribution is 5.95. The summed E-state index contributed by atoms with van der Waals surface area (Å²) in [5.74, 6) is 0.0611. The van der Waals surface area contributed by atoms with E-state index in [9.17, 15) is 9.18 Å². The molecule has 2 aromatic rings. The van der Waals surface area contributed by atoms with E-state index in [1.165, 1.54) is 13.2 Å². The highest BCUT2D eigenvalue weighted by Gasteiger charge is 2.24. The van der Waals surface area contributed by atoms with Gasteiger partial charge in [0.1, 0.15) is 0 Å². The minimum Gasteiger partial charge on any atom is -0.494 e. The van der Waals surface area contributed by atoms with E-state index in [0.717, 1.165) is 37.4 Å². The molecule has 6 heteroatoms. The third-order valence-corrected chi connectivity index (χ3v) is 5.27. The second kappa shape index (κ2) is 9.85. The van der Waals surface area contributed by atoms with E-state index < -0.39 is 0 Å². The van der Waals surface area contributed by atoms with Gasteiger partial charge < -0.3 is 9.64 Å². The zero-order chi connectivity index (χ0) is 20.8. The number of halogens is 1. The molecule has 0 spiro atoms. The highest BCUT2D eigenvalue weighted by Crippen LogP contribution is 2.20. The Morgan fingerprint density at radius 2 is 1.72 bits per heavy atom. The van der Waals surface area contributed by atoms with Crippen LogP contribution in [0, 0.1) is 5.82 Å². The summed E-state index contributed by atoms with van der Waals surface area (Å²) in [7, 11) is 1.47. The Hall–Kier alpha value is -2.44. The zero-order valence-electron chi connectivity index (χ0n) is 17.5. The fourth-order valence-electron chi connectivity index (χ4n) is 3.76. The average molecular weight is 400 g/mol. The number of methoxy groups -OCH3 is 1. The minimum atomic E-state index is -0.330. The van der Waals surface area contributed by atoms with Gasteiger partial charge in [0, 0.05) is 44.5 Å². The maximum Gasteiger partial charge on any atom is 0.241 e. The van der Waals surface area contributed by atoms with Crippen molar-refractivity contribution in [3.05, 3.63) is 59.9 Å². The Morgan fingerprint density at radius 1 is 1.07 bits per heavy atom. The van der Waals surface area contributed by atoms with Gasteiger partial charge in [-0.2, -0.15) is 0 Å². The van der Waals surface area contributed by atoms with Gasteiger partial charge in [-0.15, -0.1) is 0 Å². The molecule has 0 bridgehead atoms. The molecule has 0 atom stereocenters. The lowest BCUT2D eigenvalue weighted by molar-refractivity contribution is -0.120. The van der Waals surface area contributed by atoms with Crippen molar-refractivity contribution in [2.24, 2.45) is 0 Å². The summed E-state index contributed by atoms with van der Waals surface area (Å²) in [6.45, 7) is 8.55. The quantitative estimate of drug-likeness (QED) is 0.715. The summed E-state index contributed by atoms with van der Waals surface area (Å²) in [4.78, 5) is 19.3. The summed E-state index contributed by atoms with van der Waals surface area (Å²) in [6, 6.07) is 15.0. The van der Waals surface area contributed by atoms with Crippen LogP contribution in [0.25, 0.3) is 0 Å². The van der Waals surface area contributed by atoms with E-state index in [0.29, 0.717) is 13.1 Å². The molecule has 2 aromatic carbocycles. The number of para-hydroxylation sites is 1. The van der Waals surface area contributed by atoms with Gasteiger partial charge in [-0.05, 0) is 43.7 Å². The lowest BCUT2D eigenvalue weighted by Crippen LogP contribution is -2.50. The molecule has 1 aliphatic rings. The van der Waals surface area contributed by atoms with E-state index in [-0.39, 0.29) is 23.5 Å². The number of ether oxygens (including phenoxy) is 1. The standard InChI is InChI=1S/C23H30FN3O2/c1-18(2)27(20-7-5-4-6-8-20)23(28)17-26-13-11-25(12-14-26)16-19-9-10-22(29-3)21(24)15-19/h4-10,15,18H,11-14,16-17H2,1-3H3. The summed E-state index contributed by atoms with van der Waals surface area (Å²) < 4.78 is 18.9. The molecule has 156 valence electrons. The molecule has 1 aliphatic heterocycles. The number of hydrogen-bond donors (Lipinski definition) is 0. The molecular formula is C23H30FN3O2. The van der Waals surface area contributed by atoms with Crippen LogP contribution in [0.3, 0.4) is 0 Å². The molecule has 1 fully saturated rings. The average Bonchev–Trinajstić information content (AvgIpc) is 2.70. The lowest BCUT2D eigenvalue weighted by Gasteiger charge is -2.36. The normalized spacial score (nSPS) is 15.5. The van der Waals surface area contributed by atoms with Gasteiger partial charge in [0.25, 0.3) is 0 Å². The van der Waals surface area contributed by atoms with Crippen molar-refractivity contribution in [2.45, 2.75) is 26.4 Å². The van der Waals surface area contributed by atoms with E-state index in [1.54, 1.807) is 6.07 Å². The number of anilines is 1. The first-order chi connectivity index (χ1) is 14.0. The Balaban J connectivity index is 1.52. The van der Waals surface area contributed by atoms with Gasteiger partial charge in [0.15, 0.2) is 11.6 Å². The minimum absolute atomic E-state index is 0.108. The first-order valence-corrected chi connectivity index (χ1v) is 10.1. The molecule has 0 aliphatic carbocycles. The number of piperazine rings is 1. The molecule has 0 aromatic heterocycles. The van der Waals surface area contributed by atoms with Crippen molar-refractivity contribution in [2.75, 3.05) is 44.7 Å². The third-order valence-electron chi connectivity index (χ3n) is 5.27. The first-order valence-electron chi connectivity index (χ1n) is 10.1. The van der Waals surface area contributed by atoms with Gasteiger partial charge in [0.2, 0.25) is 5.91 Å². The van der Waals surface area contributed by atoms with Crippen LogP contribution in [-0.2, 0) is 11.3 Å². The predicted octanol–water partition coefficient (Wildman–Crippen LogP) is 3.39. The Kier molecular flexibility index (Phi) is 7.23. The van der Waals surface area contributed by atoms with Crippen LogP contribution in [0.4, 0.5) is 10.1 Å². The second-order valence-electron chi connectivity index (χ2n) is 7.71. The smallest absolute Gasteiger partial charge is 0.241 e. The summed E-state index contributed by atoms with van der Waals surface area (Å²) in [5, 5.41) is 0. The fraction of sp³-hybridized carbons (Fsp3) is 0.435. The van der Waals surface area contributed by atoms with Crippen molar-refractivity contribution < 1.29 is 13.9 Å². The molecule has 0 N–H and O–H groups in total. The van der Waals surface area contributed by atoms with E-state index in [1.807, 2.05) is 55.1 Å². The van der Waals surface area contributed by atoms with E-state index >= 15 is 0 Å². The molecule has 29 heavy (non-hydrogen) atoms. The third kappa shape index (κ3) is 5.55. The summed E-state index contributed by atoms with van der Waals surface area (Å²) >= 11 is 0. The fourth-order valence-corrected chi connectivity index (χ4v) is 3.76. The number of carbonyl (C=O) groups is 1. The van der Waals surface area contributed by atoms with Crippen molar-refractivity contribution in [1.29, 1.82) is 0 Å². The zero-order valence-corrected chi connectivity index (χ0v) is 17.5. The van der Waals surface area contributed by atoms with Crippen molar-refractivity contribution in [3.8, 4) is 5.75 Å². The van der Waals surface area contributed by atoms with Crippen LogP contribution in [0.5, 0.6) is 5.75 Å². The van der Waals surface area contributed by atoms with Gasteiger partial charge in [-0.1, -0.05) is 24.3 Å². The molecule has 1 saturated heterocycles. The largest absolute Gasteiger partial charge is 0.494 e. The summed E-state index contributed by atoms with van der Waals surface area (Å²) in [5.41, 5.74) is 1.87. The maximum atomic E-state index is 13.9. The lowest BCUT2D eigenvalue weighted by atomic mass is 10.1. The number of hydrogen-bond acceptors (Lipinski definition) is 4. The number of carbonyl (C=O) groups excluding carboxylic acids is 1. The molecule has 3 rings (SSSR count). The van der Waals surface area contributed by atoms with Gasteiger partial charge >= 0.3 is 0 Å². The molecule has 0 unspecified atom stereocenters. The number of nitrogens with zero attached hydrogens (tertiary/aromatic N) is 3. The number of benzene rings is 2. The Labute approximate surface area is 172 Å². The van der Waals surface area contributed by atoms with Gasteiger partial charge in [0.05, 0.1) is 13.7 Å². The van der Waals surface area contributed by atoms with Crippen molar-refractivity contribution in [3.63, 3.8) is 0 Å². The molecular weight excluding hydrogens is 369 g/mol. The SMILES string of the molecule is COc1ccc(CN2CCN(CC(=O)N(c3ccccc3)C(C)C)CC2)cc1F. The van der Waals surface area contributed by atoms with Crippen LogP contribution in [-0.4, -0.2) is 61.6 Å². The topological polar surface area (TPSA) is 36.0 Å². The van der Waals surface area contributed by atoms with Crippen LogP contribution in [0.15, 0.2) is 48.5 Å². The van der Waals surface area contributed by atoms with Crippen LogP contribution in [0.2, 0.25) is 0 Å². The molecule has 1 heterocycles. The van der Waals surface area contributed by atoms with Crippen LogP contribution < -0.4 is 9.64 Å². The van der Waals surface area contributed by atoms with Crippen LogP contribution >= 0.6 is 0 Å². The molecule has 0 saturated carbocycles. The molecule has 1 amide bonds. The van der Waals surface area contributed by atoms with Gasteiger partial charge in [-0.3, -0.25) is 14.6 Å². The monoisotopic (exact) mass is 399 g/mol. The summed E-state index contributed by atoms with van der Waals surface area (Å²) in [6.07, 6.45) is 0.